The summed E-state index contributed by atoms with van der Waals surface area (Å²) >= 11 is 0.712. The van der Waals surface area contributed by atoms with E-state index in [9.17, 15) is 63.1 Å². The third-order valence-electron chi connectivity index (χ3n) is 14.2. The summed E-state index contributed by atoms with van der Waals surface area (Å²) in [6.07, 6.45) is -7.67. The molecule has 7 rings (SSSR count). The van der Waals surface area contributed by atoms with Gasteiger partial charge >= 0.3 is 18.2 Å². The maximum atomic E-state index is 14.2. The Morgan fingerprint density at radius 1 is 0.744 bits per heavy atom. The monoisotopic (exact) mass is 1220 g/mol. The van der Waals surface area contributed by atoms with Crippen LogP contribution in [0.25, 0.3) is 22.5 Å². The molecule has 31 heteroatoms. The summed E-state index contributed by atoms with van der Waals surface area (Å²) in [7, 11) is 2.83. The SMILES string of the molecule is CCC(=O)N[C@H](C(=O)N[C@@H](CCCNC(N)=O)C(=O)Nc1ccc(COC(=O)N(C)CCN(C)C(=O)OC[C@H]2O[C@@H](S[C@@H]3O[C@H](CO)[C@H](O)[C@H](n4cc(-c5cccc(F)c5)nn4)[C@H]3O)[C@H](O)[C@@H](n3cc(-c4cccc(F)c4)nn3)[C@H]2O)cc1)C(C)C. The van der Waals surface area contributed by atoms with Gasteiger partial charge in [0.15, 0.2) is 0 Å². The lowest BCUT2D eigenvalue weighted by atomic mass is 9.97. The molecule has 5 aromatic rings. The largest absolute Gasteiger partial charge is 0.447 e. The van der Waals surface area contributed by atoms with E-state index in [-0.39, 0.29) is 68.7 Å². The molecule has 0 spiro atoms. The maximum Gasteiger partial charge on any atom is 0.409 e. The summed E-state index contributed by atoms with van der Waals surface area (Å²) in [5, 5.41) is 84.2. The molecule has 2 fully saturated rings. The highest BCUT2D eigenvalue weighted by atomic mass is 32.2. The minimum atomic E-state index is -1.68. The molecule has 2 saturated heterocycles. The Kier molecular flexibility index (Phi) is 23.2. The zero-order chi connectivity index (χ0) is 62.4. The normalized spacial score (nSPS) is 22.7. The average molecular weight is 1220 g/mol. The van der Waals surface area contributed by atoms with E-state index < -0.39 is 127 Å². The van der Waals surface area contributed by atoms with Crippen molar-refractivity contribution < 1.29 is 82.0 Å². The van der Waals surface area contributed by atoms with Crippen molar-refractivity contribution in [3.8, 4) is 22.5 Å². The molecular formula is C55H71F2N13O15S. The van der Waals surface area contributed by atoms with Crippen LogP contribution in [0.2, 0.25) is 0 Å². The number of aliphatic hydroxyl groups is 5. The summed E-state index contributed by atoms with van der Waals surface area (Å²) in [5.41, 5.74) is 4.30. The van der Waals surface area contributed by atoms with Gasteiger partial charge in [-0.1, -0.05) is 79.4 Å². The predicted octanol–water partition coefficient (Wildman–Crippen LogP) is 1.64. The first-order valence-corrected chi connectivity index (χ1v) is 28.4. The minimum Gasteiger partial charge on any atom is -0.447 e. The summed E-state index contributed by atoms with van der Waals surface area (Å²) in [6, 6.07) is 11.9. The van der Waals surface area contributed by atoms with Gasteiger partial charge in [0, 0.05) is 57.0 Å². The molecule has 0 saturated carbocycles. The van der Waals surface area contributed by atoms with Crippen LogP contribution in [0, 0.1) is 17.6 Å². The van der Waals surface area contributed by atoms with Crippen LogP contribution in [0.1, 0.15) is 57.7 Å². The van der Waals surface area contributed by atoms with Crippen molar-refractivity contribution in [3.63, 3.8) is 0 Å². The fourth-order valence-electron chi connectivity index (χ4n) is 9.28. The maximum absolute atomic E-state index is 14.2. The van der Waals surface area contributed by atoms with E-state index >= 15 is 0 Å². The Morgan fingerprint density at radius 3 is 1.79 bits per heavy atom. The molecule has 86 heavy (non-hydrogen) atoms. The first-order chi connectivity index (χ1) is 41.0. The molecule has 4 heterocycles. The Bertz CT molecular complexity index is 3110. The van der Waals surface area contributed by atoms with Crippen molar-refractivity contribution in [2.45, 2.75) is 118 Å². The molecule has 0 bridgehead atoms. The molecule has 2 aliphatic rings. The fraction of sp³-hybridized carbons (Fsp3) is 0.491. The lowest BCUT2D eigenvalue weighted by Gasteiger charge is -2.46. The van der Waals surface area contributed by atoms with Crippen LogP contribution in [-0.2, 0) is 39.9 Å². The zero-order valence-corrected chi connectivity index (χ0v) is 48.4. The number of aliphatic hydroxyl groups excluding tert-OH is 5. The number of benzene rings is 3. The highest BCUT2D eigenvalue weighted by molar-refractivity contribution is 8.00. The number of urea groups is 1. The van der Waals surface area contributed by atoms with E-state index in [0.29, 0.717) is 34.1 Å². The van der Waals surface area contributed by atoms with E-state index in [0.717, 1.165) is 14.3 Å². The van der Waals surface area contributed by atoms with Gasteiger partial charge in [0.05, 0.1) is 19.0 Å². The van der Waals surface area contributed by atoms with Crippen molar-refractivity contribution >= 4 is 53.4 Å². The van der Waals surface area contributed by atoms with Crippen molar-refractivity contribution in [1.29, 1.82) is 0 Å². The van der Waals surface area contributed by atoms with Crippen LogP contribution < -0.4 is 27.0 Å². The van der Waals surface area contributed by atoms with E-state index in [1.807, 2.05) is 0 Å². The number of rotatable bonds is 25. The van der Waals surface area contributed by atoms with E-state index in [4.69, 9.17) is 24.7 Å². The van der Waals surface area contributed by atoms with Gasteiger partial charge in [0.1, 0.15) is 108 Å². The van der Waals surface area contributed by atoms with Crippen molar-refractivity contribution in [2.24, 2.45) is 11.7 Å². The Hall–Kier alpha value is -7.91. The fourth-order valence-corrected chi connectivity index (χ4v) is 10.6. The van der Waals surface area contributed by atoms with Crippen LogP contribution in [0.4, 0.5) is 28.9 Å². The molecule has 28 nitrogen and oxygen atoms in total. The summed E-state index contributed by atoms with van der Waals surface area (Å²) in [4.78, 5) is 79.0. The summed E-state index contributed by atoms with van der Waals surface area (Å²) < 4.78 is 53.9. The number of likely N-dealkylation sites (N-methyl/N-ethyl adjacent to an activating group) is 2. The number of primary amides is 1. The van der Waals surface area contributed by atoms with Crippen LogP contribution in [0.3, 0.4) is 0 Å². The number of hydrogen-bond acceptors (Lipinski definition) is 20. The second-order valence-electron chi connectivity index (χ2n) is 20.8. The molecule has 0 unspecified atom stereocenters. The molecule has 11 N–H and O–H groups in total. The van der Waals surface area contributed by atoms with Gasteiger partial charge < -0.3 is 81.3 Å². The van der Waals surface area contributed by atoms with E-state index in [2.05, 4.69) is 41.9 Å². The number of halogens is 2. The number of anilines is 1. The molecule has 12 atom stereocenters. The lowest BCUT2D eigenvalue weighted by Crippen LogP contribution is -2.58. The minimum absolute atomic E-state index is 0.0426. The summed E-state index contributed by atoms with van der Waals surface area (Å²) in [6.45, 7) is 3.64. The smallest absolute Gasteiger partial charge is 0.409 e. The van der Waals surface area contributed by atoms with E-state index in [1.54, 1.807) is 57.2 Å². The predicted molar refractivity (Wildman–Crippen MR) is 303 cm³/mol. The second-order valence-corrected chi connectivity index (χ2v) is 22.0. The first kappa shape index (κ1) is 65.6. The Morgan fingerprint density at radius 2 is 1.28 bits per heavy atom. The third kappa shape index (κ3) is 17.2. The molecule has 7 amide bonds. The standard InChI is InChI=1S/C55H71F2N13O15S/c1-6-41(72)62-42(29(2)3)50(78)61-36(14-9-19-59-53(58)79)49(77)60-35-17-15-30(16-18-35)27-82-54(80)67(4)20-21-68(5)55(81)83-28-40-46(74)44(70-25-38(64-66-70)32-11-8-13-34(57)23-32)48(76)52(85-40)86-51-47(75)43(45(73)39(26-71)84-51)69-24-37(63-65-69)31-10-7-12-33(56)22-31/h7-8,10-13,15-18,22-25,29,36,39-40,42-48,51-52,71,73-76H,6,9,14,19-21,26-28H2,1-5H3,(H,60,77)(H,61,78)(H,62,72)(H3,58,59,79)/t36-,39+,40+,42-,43-,44-,45-,46-,47+,48+,51-,52-/m0/s1. The zero-order valence-electron chi connectivity index (χ0n) is 47.6. The van der Waals surface area contributed by atoms with Gasteiger partial charge in [0.2, 0.25) is 17.7 Å². The van der Waals surface area contributed by atoms with Crippen LogP contribution in [0.15, 0.2) is 85.2 Å². The van der Waals surface area contributed by atoms with Gasteiger partial charge in [-0.15, -0.1) is 10.2 Å². The highest BCUT2D eigenvalue weighted by Crippen LogP contribution is 2.42. The first-order valence-electron chi connectivity index (χ1n) is 27.5. The topological polar surface area (TPSA) is 383 Å². The second kappa shape index (κ2) is 30.4. The van der Waals surface area contributed by atoms with Gasteiger partial charge in [-0.2, -0.15) is 0 Å². The van der Waals surface area contributed by atoms with Crippen LogP contribution in [-0.4, -0.2) is 208 Å². The molecule has 2 aromatic heterocycles. The quantitative estimate of drug-likeness (QED) is 0.0371. The number of amides is 7. The van der Waals surface area contributed by atoms with Gasteiger partial charge in [-0.3, -0.25) is 14.4 Å². The van der Waals surface area contributed by atoms with E-state index in [1.165, 1.54) is 67.8 Å². The Labute approximate surface area is 496 Å². The summed E-state index contributed by atoms with van der Waals surface area (Å²) in [5.74, 6) is -2.86. The van der Waals surface area contributed by atoms with Gasteiger partial charge in [-0.05, 0) is 60.7 Å². The number of nitrogens with two attached hydrogens (primary N) is 1. The molecule has 0 aliphatic carbocycles. The number of nitrogens with zero attached hydrogens (tertiary/aromatic N) is 8. The van der Waals surface area contributed by atoms with Crippen molar-refractivity contribution in [3.05, 3.63) is 102 Å². The van der Waals surface area contributed by atoms with Crippen LogP contribution in [0.5, 0.6) is 0 Å². The number of carbonyl (C=O) groups is 6. The average Bonchev–Trinajstić information content (AvgIpc) is 1.82. The lowest BCUT2D eigenvalue weighted by molar-refractivity contribution is -0.189. The Balaban J connectivity index is 0.951. The molecular weight excluding hydrogens is 1150 g/mol. The highest BCUT2D eigenvalue weighted by Gasteiger charge is 2.52. The van der Waals surface area contributed by atoms with Gasteiger partial charge in [-0.25, -0.2) is 32.5 Å². The van der Waals surface area contributed by atoms with Gasteiger partial charge in [0.25, 0.3) is 0 Å². The molecule has 0 radical (unpaired) electrons. The van der Waals surface area contributed by atoms with Crippen molar-refractivity contribution in [1.82, 2.24) is 55.7 Å². The molecule has 466 valence electrons. The number of aromatic nitrogens is 6. The molecule has 3 aromatic carbocycles. The third-order valence-corrected chi connectivity index (χ3v) is 15.5. The number of hydrogen-bond donors (Lipinski definition) is 10. The molecule has 2 aliphatic heterocycles. The number of carbonyl (C=O) groups excluding carboxylic acids is 6. The van der Waals surface area contributed by atoms with Crippen LogP contribution >= 0.6 is 11.8 Å². The number of nitrogens with one attached hydrogen (secondary N) is 4. The van der Waals surface area contributed by atoms with Crippen molar-refractivity contribution in [2.75, 3.05) is 52.3 Å². The number of ether oxygens (including phenoxy) is 4. The number of thioether (sulfide) groups is 1.